The molecule has 0 saturated carbocycles. The molecule has 0 aliphatic heterocycles. The molecular formula is C17H31NaO3. The minimum absolute atomic E-state index is 0. The smallest absolute Gasteiger partial charge is 1.00 e. The number of hydrogen-bond donors (Lipinski definition) is 0. The van der Waals surface area contributed by atoms with Crippen LogP contribution in [0.1, 0.15) is 86.4 Å². The third kappa shape index (κ3) is 17.8. The van der Waals surface area contributed by atoms with Crippen molar-refractivity contribution in [1.29, 1.82) is 0 Å². The van der Waals surface area contributed by atoms with Crippen molar-refractivity contribution in [3.05, 3.63) is 11.6 Å². The standard InChI is InChI=1S/C17H30O3.Na.H/c1-4-5-6-7-8-9-10-11-12-13-16(18)20-17(19)14-15(2)3;;/h14H,4-13H2,1-3H3;;/q;+1;-1. The molecule has 0 N–H and O–H groups in total. The van der Waals surface area contributed by atoms with Crippen molar-refractivity contribution in [2.75, 3.05) is 0 Å². The van der Waals surface area contributed by atoms with Gasteiger partial charge in [-0.05, 0) is 20.3 Å². The number of allylic oxidation sites excluding steroid dienone is 1. The molecule has 0 heterocycles. The Labute approximate surface area is 153 Å². The van der Waals surface area contributed by atoms with Crippen LogP contribution >= 0.6 is 0 Å². The van der Waals surface area contributed by atoms with Gasteiger partial charge in [-0.3, -0.25) is 4.79 Å². The molecule has 4 heteroatoms. The zero-order valence-electron chi connectivity index (χ0n) is 15.4. The first kappa shape index (κ1) is 23.2. The van der Waals surface area contributed by atoms with Gasteiger partial charge in [-0.1, -0.05) is 63.9 Å². The fourth-order valence-corrected chi connectivity index (χ4v) is 2.01. The number of ether oxygens (including phenoxy) is 1. The molecule has 118 valence electrons. The third-order valence-corrected chi connectivity index (χ3v) is 3.11. The maximum absolute atomic E-state index is 11.4. The summed E-state index contributed by atoms with van der Waals surface area (Å²) < 4.78 is 4.68. The molecule has 0 radical (unpaired) electrons. The van der Waals surface area contributed by atoms with Crippen molar-refractivity contribution in [2.45, 2.75) is 85.0 Å². The molecule has 0 fully saturated rings. The minimum atomic E-state index is -0.550. The topological polar surface area (TPSA) is 43.4 Å². The molecule has 0 atom stereocenters. The first-order valence-corrected chi connectivity index (χ1v) is 7.95. The van der Waals surface area contributed by atoms with E-state index in [2.05, 4.69) is 11.7 Å². The second-order valence-electron chi connectivity index (χ2n) is 5.59. The van der Waals surface area contributed by atoms with Crippen LogP contribution in [0.15, 0.2) is 11.6 Å². The van der Waals surface area contributed by atoms with Gasteiger partial charge >= 0.3 is 41.5 Å². The van der Waals surface area contributed by atoms with Crippen LogP contribution in [0.4, 0.5) is 0 Å². The van der Waals surface area contributed by atoms with Gasteiger partial charge in [0.2, 0.25) is 0 Å². The minimum Gasteiger partial charge on any atom is -1.00 e. The van der Waals surface area contributed by atoms with Gasteiger partial charge < -0.3 is 6.16 Å². The van der Waals surface area contributed by atoms with E-state index >= 15 is 0 Å². The number of esters is 2. The van der Waals surface area contributed by atoms with E-state index in [-0.39, 0.29) is 31.0 Å². The molecule has 0 amide bonds. The second-order valence-corrected chi connectivity index (χ2v) is 5.59. The molecule has 0 aromatic heterocycles. The van der Waals surface area contributed by atoms with Gasteiger partial charge in [0.25, 0.3) is 0 Å². The Balaban J connectivity index is -0.00000180. The van der Waals surface area contributed by atoms with Crippen LogP contribution in [0.5, 0.6) is 0 Å². The van der Waals surface area contributed by atoms with E-state index in [1.165, 1.54) is 51.0 Å². The SMILES string of the molecule is CCCCCCCCCCCC(=O)OC(=O)C=C(C)C.[H-].[Na+]. The molecule has 0 aliphatic carbocycles. The predicted octanol–water partition coefficient (Wildman–Crippen LogP) is 2.06. The van der Waals surface area contributed by atoms with Gasteiger partial charge in [-0.2, -0.15) is 0 Å². The quantitative estimate of drug-likeness (QED) is 0.193. The molecule has 0 spiro atoms. The molecule has 0 rings (SSSR count). The van der Waals surface area contributed by atoms with Gasteiger partial charge in [0.1, 0.15) is 0 Å². The van der Waals surface area contributed by atoms with Crippen LogP contribution < -0.4 is 29.6 Å². The van der Waals surface area contributed by atoms with Crippen LogP contribution in [-0.4, -0.2) is 11.9 Å². The summed E-state index contributed by atoms with van der Waals surface area (Å²) in [6.07, 6.45) is 12.5. The normalized spacial score (nSPS) is 9.67. The summed E-state index contributed by atoms with van der Waals surface area (Å²) in [4.78, 5) is 22.6. The van der Waals surface area contributed by atoms with Crippen LogP contribution in [-0.2, 0) is 14.3 Å². The fourth-order valence-electron chi connectivity index (χ4n) is 2.01. The predicted molar refractivity (Wildman–Crippen MR) is 83.5 cm³/mol. The van der Waals surface area contributed by atoms with E-state index < -0.39 is 11.9 Å². The average Bonchev–Trinajstić information content (AvgIpc) is 2.35. The molecule has 0 saturated heterocycles. The molecule has 0 aromatic rings. The monoisotopic (exact) mass is 306 g/mol. The summed E-state index contributed by atoms with van der Waals surface area (Å²) in [5.41, 5.74) is 0.839. The molecule has 0 aromatic carbocycles. The van der Waals surface area contributed by atoms with E-state index in [0.29, 0.717) is 6.42 Å². The maximum atomic E-state index is 11.4. The Kier molecular flexibility index (Phi) is 17.9. The summed E-state index contributed by atoms with van der Waals surface area (Å²) >= 11 is 0. The van der Waals surface area contributed by atoms with Crippen molar-refractivity contribution in [3.8, 4) is 0 Å². The number of unbranched alkanes of at least 4 members (excludes halogenated alkanes) is 8. The summed E-state index contributed by atoms with van der Waals surface area (Å²) in [5.74, 6) is -0.957. The summed E-state index contributed by atoms with van der Waals surface area (Å²) in [6, 6.07) is 0. The number of carbonyl (C=O) groups excluding carboxylic acids is 2. The van der Waals surface area contributed by atoms with Crippen molar-refractivity contribution in [2.24, 2.45) is 0 Å². The Morgan fingerprint density at radius 2 is 1.38 bits per heavy atom. The molecule has 0 bridgehead atoms. The Bertz CT molecular complexity index is 313. The Hall–Kier alpha value is -0.120. The van der Waals surface area contributed by atoms with Crippen molar-refractivity contribution >= 4 is 11.9 Å². The van der Waals surface area contributed by atoms with E-state index in [1.807, 2.05) is 0 Å². The third-order valence-electron chi connectivity index (χ3n) is 3.11. The summed E-state index contributed by atoms with van der Waals surface area (Å²) in [5, 5.41) is 0. The van der Waals surface area contributed by atoms with E-state index in [9.17, 15) is 9.59 Å². The van der Waals surface area contributed by atoms with Gasteiger partial charge in [0.05, 0.1) is 0 Å². The molecule has 3 nitrogen and oxygen atoms in total. The van der Waals surface area contributed by atoms with Gasteiger partial charge in [-0.15, -0.1) is 0 Å². The van der Waals surface area contributed by atoms with E-state index in [4.69, 9.17) is 0 Å². The zero-order valence-corrected chi connectivity index (χ0v) is 16.4. The van der Waals surface area contributed by atoms with Crippen molar-refractivity contribution in [1.82, 2.24) is 0 Å². The summed E-state index contributed by atoms with van der Waals surface area (Å²) in [6.45, 7) is 5.82. The Morgan fingerprint density at radius 3 is 1.86 bits per heavy atom. The van der Waals surface area contributed by atoms with Gasteiger partial charge in [0, 0.05) is 12.5 Å². The number of rotatable bonds is 11. The number of hydrogen-bond acceptors (Lipinski definition) is 3. The largest absolute Gasteiger partial charge is 1.00 e. The molecule has 21 heavy (non-hydrogen) atoms. The number of carbonyl (C=O) groups is 2. The molecule has 0 unspecified atom stereocenters. The van der Waals surface area contributed by atoms with Crippen LogP contribution in [0, 0.1) is 0 Å². The van der Waals surface area contributed by atoms with Crippen LogP contribution in [0.2, 0.25) is 0 Å². The average molecular weight is 306 g/mol. The van der Waals surface area contributed by atoms with Crippen molar-refractivity contribution in [3.63, 3.8) is 0 Å². The molecule has 0 aliphatic rings. The van der Waals surface area contributed by atoms with Crippen LogP contribution in [0.3, 0.4) is 0 Å². The first-order valence-electron chi connectivity index (χ1n) is 7.95. The second kappa shape index (κ2) is 16.3. The Morgan fingerprint density at radius 1 is 0.905 bits per heavy atom. The fraction of sp³-hybridized carbons (Fsp3) is 0.765. The van der Waals surface area contributed by atoms with Crippen molar-refractivity contribution < 1.29 is 45.3 Å². The van der Waals surface area contributed by atoms with Crippen LogP contribution in [0.25, 0.3) is 0 Å². The van der Waals surface area contributed by atoms with E-state index in [1.54, 1.807) is 13.8 Å². The van der Waals surface area contributed by atoms with Gasteiger partial charge in [-0.25, -0.2) is 4.79 Å². The summed E-state index contributed by atoms with van der Waals surface area (Å²) in [7, 11) is 0. The molecular weight excluding hydrogens is 275 g/mol. The zero-order chi connectivity index (χ0) is 15.2. The van der Waals surface area contributed by atoms with Gasteiger partial charge in [0.15, 0.2) is 0 Å². The first-order chi connectivity index (χ1) is 9.56. The van der Waals surface area contributed by atoms with E-state index in [0.717, 1.165) is 18.4 Å². The maximum Gasteiger partial charge on any atom is 1.00 e.